The Bertz CT molecular complexity index is 409. The van der Waals surface area contributed by atoms with Gasteiger partial charge in [-0.1, -0.05) is 49.1 Å². The van der Waals surface area contributed by atoms with Crippen LogP contribution in [0.5, 0.6) is 0 Å². The number of amides is 1. The van der Waals surface area contributed by atoms with E-state index in [1.165, 1.54) is 10.8 Å². The van der Waals surface area contributed by atoms with E-state index in [0.717, 1.165) is 13.1 Å². The predicted molar refractivity (Wildman–Crippen MR) is 84.4 cm³/mol. The third-order valence-electron chi connectivity index (χ3n) is 3.27. The molecule has 0 aliphatic carbocycles. The van der Waals surface area contributed by atoms with Crippen LogP contribution >= 0.6 is 0 Å². The Hall–Kier alpha value is -1.13. The molecule has 19 heavy (non-hydrogen) atoms. The van der Waals surface area contributed by atoms with Crippen LogP contribution in [0.2, 0.25) is 19.6 Å². The summed E-state index contributed by atoms with van der Waals surface area (Å²) in [6, 6.07) is 8.94. The number of rotatable bonds is 6. The van der Waals surface area contributed by atoms with Gasteiger partial charge < -0.3 is 10.2 Å². The SMILES string of the molecule is CNC(=O)CCN(C)Cc1ccc([Si](C)(C)C)cc1. The van der Waals surface area contributed by atoms with Crippen LogP contribution in [-0.2, 0) is 11.3 Å². The van der Waals surface area contributed by atoms with E-state index in [1.807, 2.05) is 0 Å². The average molecular weight is 278 g/mol. The first-order valence-electron chi connectivity index (χ1n) is 6.81. The highest BCUT2D eigenvalue weighted by atomic mass is 28.3. The molecule has 3 nitrogen and oxygen atoms in total. The minimum absolute atomic E-state index is 0.0981. The summed E-state index contributed by atoms with van der Waals surface area (Å²) in [5.41, 5.74) is 1.31. The summed E-state index contributed by atoms with van der Waals surface area (Å²) >= 11 is 0. The number of nitrogens with one attached hydrogen (secondary N) is 1. The third kappa shape index (κ3) is 5.57. The Morgan fingerprint density at radius 2 is 1.79 bits per heavy atom. The second-order valence-electron chi connectivity index (χ2n) is 6.11. The topological polar surface area (TPSA) is 32.3 Å². The lowest BCUT2D eigenvalue weighted by Crippen LogP contribution is -2.37. The van der Waals surface area contributed by atoms with Crippen LogP contribution in [0.3, 0.4) is 0 Å². The van der Waals surface area contributed by atoms with Gasteiger partial charge in [0, 0.05) is 26.6 Å². The van der Waals surface area contributed by atoms with Crippen molar-refractivity contribution in [1.29, 1.82) is 0 Å². The van der Waals surface area contributed by atoms with E-state index in [0.29, 0.717) is 6.42 Å². The minimum Gasteiger partial charge on any atom is -0.359 e. The fourth-order valence-corrected chi connectivity index (χ4v) is 3.08. The van der Waals surface area contributed by atoms with Crippen molar-refractivity contribution < 1.29 is 4.79 Å². The van der Waals surface area contributed by atoms with Gasteiger partial charge >= 0.3 is 0 Å². The van der Waals surface area contributed by atoms with Gasteiger partial charge in [0.25, 0.3) is 0 Å². The molecule has 0 saturated heterocycles. The second kappa shape index (κ2) is 6.87. The van der Waals surface area contributed by atoms with Crippen molar-refractivity contribution >= 4 is 19.2 Å². The van der Waals surface area contributed by atoms with E-state index < -0.39 is 8.07 Å². The normalized spacial score (nSPS) is 11.7. The molecule has 1 aromatic carbocycles. The highest BCUT2D eigenvalue weighted by molar-refractivity contribution is 6.88. The molecule has 0 bridgehead atoms. The predicted octanol–water partition coefficient (Wildman–Crippen LogP) is 1.80. The third-order valence-corrected chi connectivity index (χ3v) is 5.34. The van der Waals surface area contributed by atoms with Crippen molar-refractivity contribution in [3.63, 3.8) is 0 Å². The van der Waals surface area contributed by atoms with Gasteiger partial charge in [-0.05, 0) is 12.6 Å². The van der Waals surface area contributed by atoms with Gasteiger partial charge in [0.15, 0.2) is 0 Å². The molecule has 0 radical (unpaired) electrons. The Kier molecular flexibility index (Phi) is 5.75. The summed E-state index contributed by atoms with van der Waals surface area (Å²) in [6.07, 6.45) is 0.556. The smallest absolute Gasteiger partial charge is 0.221 e. The molecule has 0 fully saturated rings. The fraction of sp³-hybridized carbons (Fsp3) is 0.533. The molecular formula is C15H26N2OSi. The van der Waals surface area contributed by atoms with Gasteiger partial charge in [-0.25, -0.2) is 0 Å². The van der Waals surface area contributed by atoms with E-state index in [2.05, 4.69) is 61.2 Å². The van der Waals surface area contributed by atoms with Crippen molar-refractivity contribution in [2.45, 2.75) is 32.6 Å². The van der Waals surface area contributed by atoms with Crippen molar-refractivity contribution in [2.24, 2.45) is 0 Å². The number of hydrogen-bond acceptors (Lipinski definition) is 2. The maximum absolute atomic E-state index is 11.2. The van der Waals surface area contributed by atoms with E-state index >= 15 is 0 Å². The Balaban J connectivity index is 2.51. The molecule has 0 aliphatic rings. The number of benzene rings is 1. The monoisotopic (exact) mass is 278 g/mol. The van der Waals surface area contributed by atoms with Gasteiger partial charge in [-0.3, -0.25) is 4.79 Å². The highest BCUT2D eigenvalue weighted by Crippen LogP contribution is 2.06. The van der Waals surface area contributed by atoms with Crippen LogP contribution in [0.25, 0.3) is 0 Å². The fourth-order valence-electron chi connectivity index (χ4n) is 1.92. The molecule has 106 valence electrons. The number of carbonyl (C=O) groups is 1. The first kappa shape index (κ1) is 15.9. The molecule has 0 atom stereocenters. The summed E-state index contributed by atoms with van der Waals surface area (Å²) < 4.78 is 0. The molecule has 0 heterocycles. The van der Waals surface area contributed by atoms with Crippen LogP contribution in [-0.4, -0.2) is 39.5 Å². The van der Waals surface area contributed by atoms with Crippen molar-refractivity contribution in [3.8, 4) is 0 Å². The first-order valence-corrected chi connectivity index (χ1v) is 10.3. The van der Waals surface area contributed by atoms with Crippen LogP contribution in [0, 0.1) is 0 Å². The van der Waals surface area contributed by atoms with E-state index in [4.69, 9.17) is 0 Å². The van der Waals surface area contributed by atoms with E-state index in [1.54, 1.807) is 7.05 Å². The molecule has 1 N–H and O–H groups in total. The van der Waals surface area contributed by atoms with Gasteiger partial charge in [0.1, 0.15) is 0 Å². The zero-order valence-corrected chi connectivity index (χ0v) is 13.8. The van der Waals surface area contributed by atoms with Crippen molar-refractivity contribution in [1.82, 2.24) is 10.2 Å². The van der Waals surface area contributed by atoms with Crippen molar-refractivity contribution in [3.05, 3.63) is 29.8 Å². The second-order valence-corrected chi connectivity index (χ2v) is 11.2. The van der Waals surface area contributed by atoms with Crippen molar-refractivity contribution in [2.75, 3.05) is 20.6 Å². The number of hydrogen-bond donors (Lipinski definition) is 1. The van der Waals surface area contributed by atoms with Crippen LogP contribution in [0.15, 0.2) is 24.3 Å². The minimum atomic E-state index is -1.20. The Morgan fingerprint density at radius 3 is 2.26 bits per heavy atom. The van der Waals surface area contributed by atoms with Gasteiger partial charge in [-0.15, -0.1) is 0 Å². The Morgan fingerprint density at radius 1 is 1.21 bits per heavy atom. The quantitative estimate of drug-likeness (QED) is 0.805. The maximum Gasteiger partial charge on any atom is 0.221 e. The van der Waals surface area contributed by atoms with Gasteiger partial charge in [0.05, 0.1) is 8.07 Å². The molecule has 0 unspecified atom stereocenters. The molecule has 0 aromatic heterocycles. The van der Waals surface area contributed by atoms with E-state index in [-0.39, 0.29) is 5.91 Å². The van der Waals surface area contributed by atoms with Crippen LogP contribution in [0.4, 0.5) is 0 Å². The first-order chi connectivity index (χ1) is 8.82. The molecule has 0 aliphatic heterocycles. The lowest BCUT2D eigenvalue weighted by atomic mass is 10.2. The molecule has 0 saturated carbocycles. The van der Waals surface area contributed by atoms with Gasteiger partial charge in [-0.2, -0.15) is 0 Å². The molecule has 1 aromatic rings. The zero-order chi connectivity index (χ0) is 14.5. The summed E-state index contributed by atoms with van der Waals surface area (Å²) in [7, 11) is 2.53. The maximum atomic E-state index is 11.2. The molecule has 1 amide bonds. The van der Waals surface area contributed by atoms with Crippen LogP contribution < -0.4 is 10.5 Å². The summed E-state index contributed by atoms with van der Waals surface area (Å²) in [6.45, 7) is 8.75. The molecule has 0 spiro atoms. The molecular weight excluding hydrogens is 252 g/mol. The van der Waals surface area contributed by atoms with E-state index in [9.17, 15) is 4.79 Å². The zero-order valence-electron chi connectivity index (χ0n) is 12.8. The molecule has 1 rings (SSSR count). The molecule has 4 heteroatoms. The standard InChI is InChI=1S/C15H26N2OSi/c1-16-15(18)10-11-17(2)12-13-6-8-14(9-7-13)19(3,4)5/h6-9H,10-12H2,1-5H3,(H,16,18). The summed E-state index contributed by atoms with van der Waals surface area (Å²) in [5.74, 6) is 0.0981. The lowest BCUT2D eigenvalue weighted by molar-refractivity contribution is -0.120. The highest BCUT2D eigenvalue weighted by Gasteiger charge is 2.15. The average Bonchev–Trinajstić information content (AvgIpc) is 2.35. The van der Waals surface area contributed by atoms with Crippen LogP contribution in [0.1, 0.15) is 12.0 Å². The largest absolute Gasteiger partial charge is 0.359 e. The number of nitrogens with zero attached hydrogens (tertiary/aromatic N) is 1. The Labute approximate surface area is 118 Å². The number of carbonyl (C=O) groups excluding carboxylic acids is 1. The summed E-state index contributed by atoms with van der Waals surface area (Å²) in [5, 5.41) is 4.14. The lowest BCUT2D eigenvalue weighted by Gasteiger charge is -2.19. The summed E-state index contributed by atoms with van der Waals surface area (Å²) in [4.78, 5) is 13.4. The van der Waals surface area contributed by atoms with Gasteiger partial charge in [0.2, 0.25) is 5.91 Å².